The number of carbonyl (C=O) groups excluding carboxylic acids is 1. The standard InChI is InChI=1S/C14H12N4O2/c19-14(15-9-11-6-7-16-17-11)13-8-12(18-20-13)10-4-2-1-3-5-10/h1-8H,9H2,(H,15,19)(H,16,17). The van der Waals surface area contributed by atoms with Crippen molar-refractivity contribution >= 4 is 5.91 Å². The Morgan fingerprint density at radius 3 is 2.85 bits per heavy atom. The molecule has 6 heteroatoms. The lowest BCUT2D eigenvalue weighted by molar-refractivity contribution is 0.0913. The SMILES string of the molecule is O=C(NCc1ccn[nH]1)c1cc(-c2ccccc2)no1. The second-order valence-corrected chi connectivity index (χ2v) is 4.21. The minimum Gasteiger partial charge on any atom is -0.350 e. The van der Waals surface area contributed by atoms with Crippen molar-refractivity contribution in [3.8, 4) is 11.3 Å². The van der Waals surface area contributed by atoms with E-state index in [9.17, 15) is 4.79 Å². The molecule has 2 aromatic heterocycles. The van der Waals surface area contributed by atoms with Gasteiger partial charge in [0.2, 0.25) is 5.76 Å². The summed E-state index contributed by atoms with van der Waals surface area (Å²) in [6.07, 6.45) is 1.63. The van der Waals surface area contributed by atoms with Crippen molar-refractivity contribution in [2.75, 3.05) is 0 Å². The van der Waals surface area contributed by atoms with Crippen LogP contribution in [0.15, 0.2) is 53.2 Å². The zero-order valence-corrected chi connectivity index (χ0v) is 10.5. The molecule has 2 heterocycles. The topological polar surface area (TPSA) is 83.8 Å². The van der Waals surface area contributed by atoms with E-state index in [0.717, 1.165) is 11.3 Å². The minimum absolute atomic E-state index is 0.184. The van der Waals surface area contributed by atoms with E-state index >= 15 is 0 Å². The van der Waals surface area contributed by atoms with Gasteiger partial charge in [-0.1, -0.05) is 35.5 Å². The van der Waals surface area contributed by atoms with Crippen LogP contribution >= 0.6 is 0 Å². The summed E-state index contributed by atoms with van der Waals surface area (Å²) < 4.78 is 5.06. The Balaban J connectivity index is 1.69. The van der Waals surface area contributed by atoms with Crippen molar-refractivity contribution in [1.82, 2.24) is 20.7 Å². The highest BCUT2D eigenvalue weighted by Crippen LogP contribution is 2.18. The van der Waals surface area contributed by atoms with Gasteiger partial charge in [-0.25, -0.2) is 0 Å². The van der Waals surface area contributed by atoms with E-state index in [1.165, 1.54) is 0 Å². The minimum atomic E-state index is -0.311. The number of aromatic amines is 1. The fourth-order valence-corrected chi connectivity index (χ4v) is 1.77. The van der Waals surface area contributed by atoms with E-state index < -0.39 is 0 Å². The van der Waals surface area contributed by atoms with Crippen LogP contribution in [0.1, 0.15) is 16.2 Å². The Bertz CT molecular complexity index is 689. The molecule has 20 heavy (non-hydrogen) atoms. The summed E-state index contributed by atoms with van der Waals surface area (Å²) in [5.74, 6) is -0.127. The number of nitrogens with one attached hydrogen (secondary N) is 2. The van der Waals surface area contributed by atoms with Crippen LogP contribution in [0.2, 0.25) is 0 Å². The monoisotopic (exact) mass is 268 g/mol. The number of amides is 1. The fourth-order valence-electron chi connectivity index (χ4n) is 1.77. The van der Waals surface area contributed by atoms with E-state index in [0.29, 0.717) is 12.2 Å². The Hall–Kier alpha value is -2.89. The van der Waals surface area contributed by atoms with E-state index in [2.05, 4.69) is 20.7 Å². The van der Waals surface area contributed by atoms with Crippen LogP contribution in [0, 0.1) is 0 Å². The first-order valence-electron chi connectivity index (χ1n) is 6.11. The van der Waals surface area contributed by atoms with Crippen molar-refractivity contribution in [3.05, 3.63) is 60.1 Å². The van der Waals surface area contributed by atoms with Gasteiger partial charge in [0, 0.05) is 17.8 Å². The molecule has 0 aliphatic rings. The lowest BCUT2D eigenvalue weighted by Crippen LogP contribution is -2.22. The molecule has 0 spiro atoms. The zero-order chi connectivity index (χ0) is 13.8. The number of rotatable bonds is 4. The van der Waals surface area contributed by atoms with Crippen LogP contribution in [0.4, 0.5) is 0 Å². The predicted octanol–water partition coefficient (Wildman–Crippen LogP) is 1.99. The maximum Gasteiger partial charge on any atom is 0.290 e. The highest BCUT2D eigenvalue weighted by molar-refractivity contribution is 5.92. The summed E-state index contributed by atoms with van der Waals surface area (Å²) in [4.78, 5) is 11.9. The average molecular weight is 268 g/mol. The molecule has 1 amide bonds. The van der Waals surface area contributed by atoms with Gasteiger partial charge in [0.1, 0.15) is 5.69 Å². The van der Waals surface area contributed by atoms with Gasteiger partial charge in [-0.15, -0.1) is 0 Å². The number of hydrogen-bond donors (Lipinski definition) is 2. The normalized spacial score (nSPS) is 10.4. The smallest absolute Gasteiger partial charge is 0.290 e. The first kappa shape index (κ1) is 12.2. The third kappa shape index (κ3) is 2.59. The summed E-state index contributed by atoms with van der Waals surface area (Å²) in [6, 6.07) is 13.0. The summed E-state index contributed by atoms with van der Waals surface area (Å²) >= 11 is 0. The molecule has 0 saturated carbocycles. The Morgan fingerprint density at radius 2 is 2.10 bits per heavy atom. The molecule has 0 aliphatic heterocycles. The number of H-pyrrole nitrogens is 1. The van der Waals surface area contributed by atoms with Gasteiger partial charge in [-0.2, -0.15) is 5.10 Å². The second-order valence-electron chi connectivity index (χ2n) is 4.21. The molecule has 2 N–H and O–H groups in total. The van der Waals surface area contributed by atoms with Crippen LogP contribution in [0.3, 0.4) is 0 Å². The summed E-state index contributed by atoms with van der Waals surface area (Å²) in [6.45, 7) is 0.361. The molecule has 0 bridgehead atoms. The van der Waals surface area contributed by atoms with Crippen molar-refractivity contribution in [3.63, 3.8) is 0 Å². The van der Waals surface area contributed by atoms with Crippen molar-refractivity contribution in [2.45, 2.75) is 6.54 Å². The molecule has 3 rings (SSSR count). The third-order valence-corrected chi connectivity index (χ3v) is 2.80. The molecule has 3 aromatic rings. The summed E-state index contributed by atoms with van der Waals surface area (Å²) in [7, 11) is 0. The second kappa shape index (κ2) is 5.40. The van der Waals surface area contributed by atoms with Crippen molar-refractivity contribution in [1.29, 1.82) is 0 Å². The molecular formula is C14H12N4O2. The lowest BCUT2D eigenvalue weighted by Gasteiger charge is -1.98. The Labute approximate surface area is 114 Å². The molecule has 0 atom stereocenters. The van der Waals surface area contributed by atoms with E-state index in [-0.39, 0.29) is 11.7 Å². The van der Waals surface area contributed by atoms with Gasteiger partial charge in [-0.05, 0) is 6.07 Å². The van der Waals surface area contributed by atoms with Crippen molar-refractivity contribution in [2.24, 2.45) is 0 Å². The van der Waals surface area contributed by atoms with Gasteiger partial charge in [0.25, 0.3) is 5.91 Å². The molecule has 100 valence electrons. The molecule has 0 saturated heterocycles. The number of carbonyl (C=O) groups is 1. The quantitative estimate of drug-likeness (QED) is 0.758. The van der Waals surface area contributed by atoms with Gasteiger partial charge in [0.05, 0.1) is 12.2 Å². The maximum atomic E-state index is 11.9. The molecule has 0 aliphatic carbocycles. The average Bonchev–Trinajstić information content (AvgIpc) is 3.17. The zero-order valence-electron chi connectivity index (χ0n) is 10.5. The van der Waals surface area contributed by atoms with Gasteiger partial charge in [0.15, 0.2) is 0 Å². The molecule has 0 unspecified atom stereocenters. The summed E-state index contributed by atoms with van der Waals surface area (Å²) in [5, 5.41) is 13.2. The number of hydrogen-bond acceptors (Lipinski definition) is 4. The van der Waals surface area contributed by atoms with Gasteiger partial charge in [-0.3, -0.25) is 9.89 Å². The number of benzene rings is 1. The van der Waals surface area contributed by atoms with Gasteiger partial charge < -0.3 is 9.84 Å². The van der Waals surface area contributed by atoms with Crippen LogP contribution < -0.4 is 5.32 Å². The Kier molecular flexibility index (Phi) is 3.28. The molecule has 0 fully saturated rings. The Morgan fingerprint density at radius 1 is 1.25 bits per heavy atom. The highest BCUT2D eigenvalue weighted by atomic mass is 16.5. The first-order valence-corrected chi connectivity index (χ1v) is 6.11. The van der Waals surface area contributed by atoms with Gasteiger partial charge >= 0.3 is 0 Å². The number of nitrogens with zero attached hydrogens (tertiary/aromatic N) is 2. The molecular weight excluding hydrogens is 256 g/mol. The van der Waals surface area contributed by atoms with E-state index in [1.54, 1.807) is 18.3 Å². The van der Waals surface area contributed by atoms with E-state index in [4.69, 9.17) is 4.52 Å². The molecule has 1 aromatic carbocycles. The van der Waals surface area contributed by atoms with Crippen LogP contribution in [0.25, 0.3) is 11.3 Å². The van der Waals surface area contributed by atoms with Crippen molar-refractivity contribution < 1.29 is 9.32 Å². The molecule has 0 radical (unpaired) electrons. The number of aromatic nitrogens is 3. The maximum absolute atomic E-state index is 11.9. The van der Waals surface area contributed by atoms with Crippen LogP contribution in [-0.4, -0.2) is 21.3 Å². The first-order chi connectivity index (χ1) is 9.83. The predicted molar refractivity (Wildman–Crippen MR) is 71.7 cm³/mol. The molecule has 6 nitrogen and oxygen atoms in total. The van der Waals surface area contributed by atoms with Crippen LogP contribution in [0.5, 0.6) is 0 Å². The van der Waals surface area contributed by atoms with E-state index in [1.807, 2.05) is 30.3 Å². The third-order valence-electron chi connectivity index (χ3n) is 2.80. The highest BCUT2D eigenvalue weighted by Gasteiger charge is 2.13. The lowest BCUT2D eigenvalue weighted by atomic mass is 10.1. The fraction of sp³-hybridized carbons (Fsp3) is 0.0714. The van der Waals surface area contributed by atoms with Crippen LogP contribution in [-0.2, 0) is 6.54 Å². The largest absolute Gasteiger partial charge is 0.350 e. The summed E-state index contributed by atoms with van der Waals surface area (Å²) in [5.41, 5.74) is 2.36.